The molecule has 4 rings (SSSR count). The maximum absolute atomic E-state index is 13.0. The fraction of sp³-hybridized carbons (Fsp3) is 0.176. The van der Waals surface area contributed by atoms with Crippen molar-refractivity contribution in [3.05, 3.63) is 59.7 Å². The third-order valence-corrected chi connectivity index (χ3v) is 4.08. The van der Waals surface area contributed by atoms with Crippen molar-refractivity contribution in [1.29, 1.82) is 0 Å². The van der Waals surface area contributed by atoms with Gasteiger partial charge in [-0.2, -0.15) is 23.4 Å². The normalized spacial score (nSPS) is 11.6. The summed E-state index contributed by atoms with van der Waals surface area (Å²) in [5, 5.41) is 23.8. The van der Waals surface area contributed by atoms with Crippen molar-refractivity contribution in [2.24, 2.45) is 0 Å². The van der Waals surface area contributed by atoms with Gasteiger partial charge in [-0.1, -0.05) is 30.3 Å². The van der Waals surface area contributed by atoms with Gasteiger partial charge in [0.15, 0.2) is 18.1 Å². The first-order valence-corrected chi connectivity index (χ1v) is 8.61. The number of nitrogens with one attached hydrogen (secondary N) is 2. The molecular weight excluding hydrogens is 403 g/mol. The molecule has 3 heterocycles. The molecule has 4 aromatic rings. The van der Waals surface area contributed by atoms with E-state index in [1.165, 1.54) is 28.7 Å². The summed E-state index contributed by atoms with van der Waals surface area (Å²) in [6.07, 6.45) is -3.23. The van der Waals surface area contributed by atoms with Crippen LogP contribution in [0.3, 0.4) is 0 Å². The van der Waals surface area contributed by atoms with Gasteiger partial charge in [0.1, 0.15) is 0 Å². The topological polar surface area (TPSA) is 119 Å². The number of anilines is 1. The molecule has 13 heteroatoms. The number of aromatic amines is 1. The molecule has 154 valence electrons. The smallest absolute Gasteiger partial charge is 0.317 e. The zero-order valence-corrected chi connectivity index (χ0v) is 15.4. The largest absolute Gasteiger partial charge is 0.437 e. The molecule has 1 aromatic carbocycles. The lowest BCUT2D eigenvalue weighted by Gasteiger charge is -2.07. The fourth-order valence-corrected chi connectivity index (χ4v) is 2.66. The van der Waals surface area contributed by atoms with Crippen LogP contribution in [0.2, 0.25) is 0 Å². The van der Waals surface area contributed by atoms with Crippen molar-refractivity contribution in [3.8, 4) is 11.4 Å². The Kier molecular flexibility index (Phi) is 4.77. The van der Waals surface area contributed by atoms with E-state index < -0.39 is 23.5 Å². The number of halogens is 3. The lowest BCUT2D eigenvalue weighted by Crippen LogP contribution is -2.18. The van der Waals surface area contributed by atoms with Crippen molar-refractivity contribution >= 4 is 11.6 Å². The van der Waals surface area contributed by atoms with Gasteiger partial charge in [0.05, 0.1) is 11.4 Å². The van der Waals surface area contributed by atoms with Gasteiger partial charge >= 0.3 is 6.18 Å². The molecule has 0 unspecified atom stereocenters. The number of benzene rings is 1. The first-order chi connectivity index (χ1) is 14.3. The number of alkyl halides is 3. The molecule has 0 radical (unpaired) electrons. The highest BCUT2D eigenvalue weighted by molar-refractivity contribution is 6.03. The number of rotatable bonds is 5. The summed E-state index contributed by atoms with van der Waals surface area (Å²) in [7, 11) is 0. The van der Waals surface area contributed by atoms with E-state index in [0.717, 1.165) is 5.56 Å². The second-order valence-electron chi connectivity index (χ2n) is 6.26. The summed E-state index contributed by atoms with van der Waals surface area (Å²) < 4.78 is 40.4. The summed E-state index contributed by atoms with van der Waals surface area (Å²) in [5.74, 6) is -0.379. The number of nitrogens with zero attached hydrogens (tertiary/aromatic N) is 7. The van der Waals surface area contributed by atoms with E-state index in [0.29, 0.717) is 5.82 Å². The van der Waals surface area contributed by atoms with E-state index in [1.807, 2.05) is 30.3 Å². The molecule has 10 nitrogen and oxygen atoms in total. The minimum atomic E-state index is -4.71. The van der Waals surface area contributed by atoms with Gasteiger partial charge in [0.25, 0.3) is 5.91 Å². The molecule has 0 aliphatic carbocycles. The molecule has 0 bridgehead atoms. The van der Waals surface area contributed by atoms with Gasteiger partial charge in [-0.05, 0) is 18.2 Å². The highest BCUT2D eigenvalue weighted by Gasteiger charge is 2.38. The quantitative estimate of drug-likeness (QED) is 0.515. The zero-order valence-electron chi connectivity index (χ0n) is 15.4. The summed E-state index contributed by atoms with van der Waals surface area (Å²) in [5.41, 5.74) is -0.844. The highest BCUT2D eigenvalue weighted by Crippen LogP contribution is 2.34. The molecule has 0 aliphatic rings. The van der Waals surface area contributed by atoms with Crippen LogP contribution in [0.25, 0.3) is 11.4 Å². The lowest BCUT2D eigenvalue weighted by atomic mass is 10.2. The SMILES string of the molecule is Cc1[nH]nc(C(F)(F)F)c1NC(=O)c1ccn(Cn2nnc(-c3ccccc3)n2)n1. The number of H-pyrrole nitrogens is 1. The van der Waals surface area contributed by atoms with Crippen molar-refractivity contribution in [2.75, 3.05) is 5.32 Å². The van der Waals surface area contributed by atoms with Gasteiger partial charge in [0.2, 0.25) is 5.82 Å². The van der Waals surface area contributed by atoms with Crippen molar-refractivity contribution in [3.63, 3.8) is 0 Å². The number of aryl methyl sites for hydroxylation is 1. The van der Waals surface area contributed by atoms with Crippen LogP contribution in [0.4, 0.5) is 18.9 Å². The Morgan fingerprint density at radius 2 is 1.93 bits per heavy atom. The molecule has 2 N–H and O–H groups in total. The Morgan fingerprint density at radius 3 is 2.67 bits per heavy atom. The van der Waals surface area contributed by atoms with Crippen LogP contribution >= 0.6 is 0 Å². The van der Waals surface area contributed by atoms with Gasteiger partial charge in [-0.3, -0.25) is 9.89 Å². The zero-order chi connectivity index (χ0) is 21.3. The highest BCUT2D eigenvalue weighted by atomic mass is 19.4. The van der Waals surface area contributed by atoms with E-state index in [9.17, 15) is 18.0 Å². The molecule has 0 aliphatic heterocycles. The van der Waals surface area contributed by atoms with E-state index in [-0.39, 0.29) is 18.1 Å². The molecule has 1 amide bonds. The van der Waals surface area contributed by atoms with Crippen LogP contribution in [-0.4, -0.2) is 46.1 Å². The third-order valence-electron chi connectivity index (χ3n) is 4.08. The summed E-state index contributed by atoms with van der Waals surface area (Å²) >= 11 is 0. The Bertz CT molecular complexity index is 1180. The van der Waals surface area contributed by atoms with Crippen LogP contribution < -0.4 is 5.32 Å². The Labute approximate surface area is 166 Å². The maximum atomic E-state index is 13.0. The molecule has 0 atom stereocenters. The maximum Gasteiger partial charge on any atom is 0.437 e. The molecule has 0 saturated heterocycles. The number of tetrazole rings is 1. The second-order valence-corrected chi connectivity index (χ2v) is 6.26. The predicted molar refractivity (Wildman–Crippen MR) is 97.2 cm³/mol. The summed E-state index contributed by atoms with van der Waals surface area (Å²) in [4.78, 5) is 13.6. The van der Waals surface area contributed by atoms with Crippen molar-refractivity contribution < 1.29 is 18.0 Å². The molecule has 3 aromatic heterocycles. The third kappa shape index (κ3) is 3.90. The van der Waals surface area contributed by atoms with E-state index in [1.54, 1.807) is 0 Å². The van der Waals surface area contributed by atoms with Crippen molar-refractivity contribution in [1.82, 2.24) is 40.2 Å². The minimum Gasteiger partial charge on any atom is -0.317 e. The van der Waals surface area contributed by atoms with Crippen LogP contribution in [0, 0.1) is 6.92 Å². The molecular formula is C17H14F3N9O. The van der Waals surface area contributed by atoms with E-state index >= 15 is 0 Å². The molecule has 0 saturated carbocycles. The number of carbonyl (C=O) groups is 1. The average Bonchev–Trinajstić information content (AvgIpc) is 3.44. The Balaban J connectivity index is 1.47. The molecule has 0 spiro atoms. The van der Waals surface area contributed by atoms with Gasteiger partial charge in [-0.25, -0.2) is 4.68 Å². The number of amides is 1. The van der Waals surface area contributed by atoms with Gasteiger partial charge in [-0.15, -0.1) is 15.0 Å². The van der Waals surface area contributed by atoms with Gasteiger partial charge < -0.3 is 5.32 Å². The van der Waals surface area contributed by atoms with Crippen molar-refractivity contribution in [2.45, 2.75) is 19.8 Å². The number of hydrogen-bond acceptors (Lipinski definition) is 6. The minimum absolute atomic E-state index is 0.0612. The number of carbonyl (C=O) groups excluding carboxylic acids is 1. The Morgan fingerprint density at radius 1 is 1.17 bits per heavy atom. The Hall–Kier alpha value is -4.03. The second kappa shape index (κ2) is 7.42. The first-order valence-electron chi connectivity index (χ1n) is 8.61. The molecule has 0 fully saturated rings. The van der Waals surface area contributed by atoms with Crippen LogP contribution in [0.15, 0.2) is 42.6 Å². The van der Waals surface area contributed by atoms with Gasteiger partial charge in [0, 0.05) is 11.8 Å². The average molecular weight is 417 g/mol. The monoisotopic (exact) mass is 417 g/mol. The summed E-state index contributed by atoms with van der Waals surface area (Å²) in [6.45, 7) is 1.43. The standard InChI is InChI=1S/C17H14F3N9O/c1-10-13(14(23-22-10)17(18,19)20)21-16(30)12-7-8-28(25-12)9-29-26-15(24-27-29)11-5-3-2-4-6-11/h2-8H,9H2,1H3,(H,21,30)(H,22,23). The number of hydrogen-bond donors (Lipinski definition) is 2. The first kappa shape index (κ1) is 19.3. The number of aromatic nitrogens is 8. The molecule has 30 heavy (non-hydrogen) atoms. The van der Waals surface area contributed by atoms with Crippen LogP contribution in [-0.2, 0) is 12.8 Å². The van der Waals surface area contributed by atoms with E-state index in [2.05, 4.69) is 36.0 Å². The van der Waals surface area contributed by atoms with Crippen LogP contribution in [0.5, 0.6) is 0 Å². The summed E-state index contributed by atoms with van der Waals surface area (Å²) in [6, 6.07) is 10.6. The van der Waals surface area contributed by atoms with E-state index in [4.69, 9.17) is 0 Å². The fourth-order valence-electron chi connectivity index (χ4n) is 2.66. The van der Waals surface area contributed by atoms with Crippen LogP contribution in [0.1, 0.15) is 21.9 Å². The predicted octanol–water partition coefficient (Wildman–Crippen LogP) is 2.35. The lowest BCUT2D eigenvalue weighted by molar-refractivity contribution is -0.140.